The van der Waals surface area contributed by atoms with Gasteiger partial charge in [0.2, 0.25) is 17.7 Å². The number of phenolic OH excluding ortho intramolecular Hbond substituents is 1. The summed E-state index contributed by atoms with van der Waals surface area (Å²) in [6.45, 7) is -0.509. The van der Waals surface area contributed by atoms with E-state index in [0.29, 0.717) is 19.4 Å². The smallest absolute Gasteiger partial charge is 0.322 e. The zero-order chi connectivity index (χ0) is 20.7. The second-order valence-electron chi connectivity index (χ2n) is 6.55. The molecule has 2 atom stereocenters. The molecule has 3 amide bonds. The second kappa shape index (κ2) is 9.70. The number of aromatic hydroxyl groups is 1. The molecule has 0 radical (unpaired) electrons. The van der Waals surface area contributed by atoms with Crippen molar-refractivity contribution >= 4 is 23.7 Å². The maximum atomic E-state index is 12.7. The molecule has 1 saturated heterocycles. The highest BCUT2D eigenvalue weighted by Gasteiger charge is 2.36. The van der Waals surface area contributed by atoms with E-state index in [2.05, 4.69) is 10.6 Å². The number of hydrogen-bond donors (Lipinski definition) is 5. The van der Waals surface area contributed by atoms with Crippen LogP contribution in [0.5, 0.6) is 5.75 Å². The number of carboxylic acid groups (broad SMARTS) is 1. The minimum absolute atomic E-state index is 0.118. The Bertz CT molecular complexity index is 736. The summed E-state index contributed by atoms with van der Waals surface area (Å²) in [6.07, 6.45) is 1.36. The highest BCUT2D eigenvalue weighted by molar-refractivity contribution is 5.92. The van der Waals surface area contributed by atoms with Gasteiger partial charge in [-0.05, 0) is 37.0 Å². The number of aliphatic carboxylic acids is 1. The van der Waals surface area contributed by atoms with Crippen LogP contribution in [0, 0.1) is 0 Å². The van der Waals surface area contributed by atoms with Crippen molar-refractivity contribution in [3.8, 4) is 5.75 Å². The van der Waals surface area contributed by atoms with Gasteiger partial charge in [0.25, 0.3) is 0 Å². The Balaban J connectivity index is 1.88. The third-order valence-electron chi connectivity index (χ3n) is 4.41. The lowest BCUT2D eigenvalue weighted by atomic mass is 10.0. The molecule has 0 aromatic heterocycles. The van der Waals surface area contributed by atoms with Crippen molar-refractivity contribution in [2.24, 2.45) is 5.73 Å². The van der Waals surface area contributed by atoms with Crippen molar-refractivity contribution < 1.29 is 29.4 Å². The van der Waals surface area contributed by atoms with Crippen molar-refractivity contribution in [3.63, 3.8) is 0 Å². The number of benzene rings is 1. The van der Waals surface area contributed by atoms with E-state index in [1.54, 1.807) is 12.1 Å². The normalized spacial score (nSPS) is 17.0. The van der Waals surface area contributed by atoms with Crippen LogP contribution in [0.3, 0.4) is 0 Å². The van der Waals surface area contributed by atoms with Crippen LogP contribution in [-0.2, 0) is 25.6 Å². The quantitative estimate of drug-likeness (QED) is 0.362. The zero-order valence-corrected chi connectivity index (χ0v) is 15.3. The molecule has 1 heterocycles. The number of amides is 3. The third kappa shape index (κ3) is 5.95. The van der Waals surface area contributed by atoms with Gasteiger partial charge in [0.15, 0.2) is 0 Å². The molecule has 10 heteroatoms. The molecule has 0 bridgehead atoms. The van der Waals surface area contributed by atoms with Gasteiger partial charge in [0.1, 0.15) is 18.3 Å². The van der Waals surface area contributed by atoms with E-state index in [1.165, 1.54) is 17.0 Å². The molecule has 10 nitrogen and oxygen atoms in total. The molecule has 1 aliphatic rings. The number of nitrogens with zero attached hydrogens (tertiary/aromatic N) is 1. The standard InChI is InChI=1S/C18H24N4O6/c19-13(8-11-3-5-12(23)6-4-11)18(28)22-7-1-2-14(22)17(27)21-9-15(24)20-10-16(25)26/h3-6,13-14,23H,1-2,7-10,19H2,(H,20,24)(H,21,27)(H,25,26). The molecule has 1 aromatic carbocycles. The fourth-order valence-electron chi connectivity index (χ4n) is 3.01. The average molecular weight is 392 g/mol. The number of carbonyl (C=O) groups is 4. The first-order chi connectivity index (χ1) is 13.3. The van der Waals surface area contributed by atoms with Crippen LogP contribution >= 0.6 is 0 Å². The van der Waals surface area contributed by atoms with Gasteiger partial charge in [-0.25, -0.2) is 0 Å². The van der Waals surface area contributed by atoms with E-state index in [1.807, 2.05) is 0 Å². The minimum Gasteiger partial charge on any atom is -0.508 e. The SMILES string of the molecule is NC(Cc1ccc(O)cc1)C(=O)N1CCCC1C(=O)NCC(=O)NCC(=O)O. The summed E-state index contributed by atoms with van der Waals surface area (Å²) < 4.78 is 0. The summed E-state index contributed by atoms with van der Waals surface area (Å²) in [5.74, 6) is -2.54. The summed E-state index contributed by atoms with van der Waals surface area (Å²) in [5.41, 5.74) is 6.80. The number of carbonyl (C=O) groups excluding carboxylic acids is 3. The Morgan fingerprint density at radius 1 is 1.14 bits per heavy atom. The van der Waals surface area contributed by atoms with Crippen molar-refractivity contribution in [3.05, 3.63) is 29.8 Å². The first-order valence-corrected chi connectivity index (χ1v) is 8.88. The van der Waals surface area contributed by atoms with Crippen LogP contribution in [-0.4, -0.2) is 70.5 Å². The maximum absolute atomic E-state index is 12.7. The fraction of sp³-hybridized carbons (Fsp3) is 0.444. The number of nitrogens with two attached hydrogens (primary N) is 1. The number of carboxylic acids is 1. The monoisotopic (exact) mass is 392 g/mol. The maximum Gasteiger partial charge on any atom is 0.322 e. The molecular weight excluding hydrogens is 368 g/mol. The molecule has 0 saturated carbocycles. The molecule has 0 aliphatic carbocycles. The van der Waals surface area contributed by atoms with E-state index in [0.717, 1.165) is 5.56 Å². The molecule has 1 aliphatic heterocycles. The lowest BCUT2D eigenvalue weighted by Gasteiger charge is -2.26. The summed E-state index contributed by atoms with van der Waals surface area (Å²) >= 11 is 0. The van der Waals surface area contributed by atoms with Crippen molar-refractivity contribution in [2.75, 3.05) is 19.6 Å². The Morgan fingerprint density at radius 3 is 2.46 bits per heavy atom. The van der Waals surface area contributed by atoms with E-state index in [-0.39, 0.29) is 24.6 Å². The third-order valence-corrected chi connectivity index (χ3v) is 4.41. The highest BCUT2D eigenvalue weighted by Crippen LogP contribution is 2.19. The first kappa shape index (κ1) is 21.2. The number of hydrogen-bond acceptors (Lipinski definition) is 6. The Labute approximate surface area is 161 Å². The molecule has 1 aromatic rings. The van der Waals surface area contributed by atoms with Gasteiger partial charge < -0.3 is 31.5 Å². The van der Waals surface area contributed by atoms with Gasteiger partial charge >= 0.3 is 5.97 Å². The first-order valence-electron chi connectivity index (χ1n) is 8.88. The minimum atomic E-state index is -1.19. The number of nitrogens with one attached hydrogen (secondary N) is 2. The topological polar surface area (TPSA) is 162 Å². The van der Waals surface area contributed by atoms with Gasteiger partial charge in [0, 0.05) is 6.54 Å². The van der Waals surface area contributed by atoms with E-state index in [9.17, 15) is 24.3 Å². The Kier molecular flexibility index (Phi) is 7.33. The molecule has 2 unspecified atom stereocenters. The van der Waals surface area contributed by atoms with Gasteiger partial charge in [-0.15, -0.1) is 0 Å². The highest BCUT2D eigenvalue weighted by atomic mass is 16.4. The lowest BCUT2D eigenvalue weighted by Crippen LogP contribution is -2.52. The Hall–Kier alpha value is -3.14. The molecule has 152 valence electrons. The van der Waals surface area contributed by atoms with Gasteiger partial charge in [0.05, 0.1) is 12.6 Å². The molecule has 6 N–H and O–H groups in total. The van der Waals surface area contributed by atoms with Crippen molar-refractivity contribution in [1.82, 2.24) is 15.5 Å². The molecule has 1 fully saturated rings. The zero-order valence-electron chi connectivity index (χ0n) is 15.3. The summed E-state index contributed by atoms with van der Waals surface area (Å²) in [6, 6.07) is 4.81. The van der Waals surface area contributed by atoms with E-state index in [4.69, 9.17) is 10.8 Å². The van der Waals surface area contributed by atoms with Crippen LogP contribution in [0.1, 0.15) is 18.4 Å². The van der Waals surface area contributed by atoms with Crippen LogP contribution in [0.2, 0.25) is 0 Å². The fourth-order valence-corrected chi connectivity index (χ4v) is 3.01. The van der Waals surface area contributed by atoms with Gasteiger partial charge in [-0.2, -0.15) is 0 Å². The van der Waals surface area contributed by atoms with Crippen LogP contribution in [0.25, 0.3) is 0 Å². The van der Waals surface area contributed by atoms with E-state index < -0.39 is 36.4 Å². The molecule has 2 rings (SSSR count). The van der Waals surface area contributed by atoms with Gasteiger partial charge in [-0.1, -0.05) is 12.1 Å². The lowest BCUT2D eigenvalue weighted by molar-refractivity contribution is -0.140. The van der Waals surface area contributed by atoms with Crippen molar-refractivity contribution in [2.45, 2.75) is 31.3 Å². The van der Waals surface area contributed by atoms with E-state index >= 15 is 0 Å². The summed E-state index contributed by atoms with van der Waals surface area (Å²) in [7, 11) is 0. The molecule has 0 spiro atoms. The summed E-state index contributed by atoms with van der Waals surface area (Å²) in [4.78, 5) is 48.4. The largest absolute Gasteiger partial charge is 0.508 e. The van der Waals surface area contributed by atoms with Crippen LogP contribution in [0.15, 0.2) is 24.3 Å². The second-order valence-corrected chi connectivity index (χ2v) is 6.55. The number of rotatable bonds is 8. The van der Waals surface area contributed by atoms with Crippen LogP contribution in [0.4, 0.5) is 0 Å². The average Bonchev–Trinajstić information content (AvgIpc) is 3.15. The molecular formula is C18H24N4O6. The number of likely N-dealkylation sites (tertiary alicyclic amines) is 1. The number of phenols is 1. The van der Waals surface area contributed by atoms with Crippen molar-refractivity contribution in [1.29, 1.82) is 0 Å². The molecule has 28 heavy (non-hydrogen) atoms. The van der Waals surface area contributed by atoms with Crippen LogP contribution < -0.4 is 16.4 Å². The summed E-state index contributed by atoms with van der Waals surface area (Å²) in [5, 5.41) is 22.4. The predicted octanol–water partition coefficient (Wildman–Crippen LogP) is -1.43. The predicted molar refractivity (Wildman–Crippen MR) is 98.2 cm³/mol. The van der Waals surface area contributed by atoms with Gasteiger partial charge in [-0.3, -0.25) is 19.2 Å². The Morgan fingerprint density at radius 2 is 1.82 bits per heavy atom.